The fraction of sp³-hybridized carbons (Fsp3) is 0. The smallest absolute Gasteiger partial charge is 0.257 e. The summed E-state index contributed by atoms with van der Waals surface area (Å²) in [5, 5.41) is 3.21. The highest BCUT2D eigenvalue weighted by molar-refractivity contribution is 6.34. The van der Waals surface area contributed by atoms with Gasteiger partial charge in [-0.1, -0.05) is 11.6 Å². The molecule has 0 radical (unpaired) electrons. The van der Waals surface area contributed by atoms with Crippen molar-refractivity contribution in [2.45, 2.75) is 0 Å². The molecule has 21 heavy (non-hydrogen) atoms. The van der Waals surface area contributed by atoms with Gasteiger partial charge in [0.15, 0.2) is 0 Å². The number of aromatic nitrogens is 2. The van der Waals surface area contributed by atoms with Crippen molar-refractivity contribution in [2.75, 3.05) is 5.32 Å². The van der Waals surface area contributed by atoms with E-state index in [2.05, 4.69) is 10.3 Å². The Hall–Kier alpha value is -2.59. The second-order valence-electron chi connectivity index (χ2n) is 4.44. The summed E-state index contributed by atoms with van der Waals surface area (Å²) in [6.45, 7) is 0. The minimum atomic E-state index is -0.250. The molecule has 0 atom stereocenters. The molecule has 0 saturated carbocycles. The van der Waals surface area contributed by atoms with Gasteiger partial charge in [-0.2, -0.15) is 0 Å². The van der Waals surface area contributed by atoms with Crippen molar-refractivity contribution in [3.8, 4) is 5.69 Å². The van der Waals surface area contributed by atoms with E-state index in [0.29, 0.717) is 16.3 Å². The van der Waals surface area contributed by atoms with Gasteiger partial charge in [0, 0.05) is 36.2 Å². The van der Waals surface area contributed by atoms with Crippen LogP contribution in [-0.4, -0.2) is 15.5 Å². The molecule has 0 spiro atoms. The van der Waals surface area contributed by atoms with Gasteiger partial charge in [0.2, 0.25) is 0 Å². The van der Waals surface area contributed by atoms with Crippen molar-refractivity contribution in [1.29, 1.82) is 0 Å². The summed E-state index contributed by atoms with van der Waals surface area (Å²) in [7, 11) is 0. The van der Waals surface area contributed by atoms with Crippen LogP contribution in [0.4, 0.5) is 5.69 Å². The minimum Gasteiger partial charge on any atom is -0.324 e. The topological polar surface area (TPSA) is 46.9 Å². The maximum absolute atomic E-state index is 12.3. The predicted molar refractivity (Wildman–Crippen MR) is 83.0 cm³/mol. The van der Waals surface area contributed by atoms with Crippen LogP contribution in [0.25, 0.3) is 5.69 Å². The first-order valence-corrected chi connectivity index (χ1v) is 6.76. The maximum atomic E-state index is 12.3. The molecule has 0 aliphatic carbocycles. The molecule has 0 saturated heterocycles. The van der Waals surface area contributed by atoms with Crippen molar-refractivity contribution < 1.29 is 4.79 Å². The Kier molecular flexibility index (Phi) is 3.71. The van der Waals surface area contributed by atoms with Crippen molar-refractivity contribution >= 4 is 23.2 Å². The van der Waals surface area contributed by atoms with Crippen LogP contribution in [-0.2, 0) is 0 Å². The number of nitrogens with one attached hydrogen (secondary N) is 1. The normalized spacial score (nSPS) is 10.3. The summed E-state index contributed by atoms with van der Waals surface area (Å²) < 4.78 is 1.92. The molecular formula is C16H12ClN3O. The van der Waals surface area contributed by atoms with Crippen LogP contribution in [0, 0.1) is 0 Å². The third-order valence-electron chi connectivity index (χ3n) is 3.04. The Balaban J connectivity index is 1.91. The Bertz CT molecular complexity index is 754. The SMILES string of the molecule is O=C(Nc1ccncc1)c1cc(-n2cccc2)ccc1Cl. The van der Waals surface area contributed by atoms with Crippen molar-refractivity contribution in [3.05, 3.63) is 77.8 Å². The molecule has 0 aliphatic rings. The van der Waals surface area contributed by atoms with Crippen LogP contribution in [0.2, 0.25) is 5.02 Å². The van der Waals surface area contributed by atoms with E-state index in [-0.39, 0.29) is 5.91 Å². The highest BCUT2D eigenvalue weighted by atomic mass is 35.5. The lowest BCUT2D eigenvalue weighted by atomic mass is 10.1. The average Bonchev–Trinajstić information content (AvgIpc) is 3.03. The third-order valence-corrected chi connectivity index (χ3v) is 3.36. The zero-order chi connectivity index (χ0) is 14.7. The zero-order valence-electron chi connectivity index (χ0n) is 11.0. The Labute approximate surface area is 127 Å². The number of amides is 1. The van der Waals surface area contributed by atoms with E-state index in [4.69, 9.17) is 11.6 Å². The maximum Gasteiger partial charge on any atom is 0.257 e. The monoisotopic (exact) mass is 297 g/mol. The molecular weight excluding hydrogens is 286 g/mol. The number of pyridine rings is 1. The predicted octanol–water partition coefficient (Wildman–Crippen LogP) is 3.78. The lowest BCUT2D eigenvalue weighted by molar-refractivity contribution is 0.102. The average molecular weight is 298 g/mol. The van der Waals surface area contributed by atoms with E-state index in [1.807, 2.05) is 35.2 Å². The van der Waals surface area contributed by atoms with Gasteiger partial charge in [-0.25, -0.2) is 0 Å². The van der Waals surface area contributed by atoms with Gasteiger partial charge < -0.3 is 9.88 Å². The summed E-state index contributed by atoms with van der Waals surface area (Å²) >= 11 is 6.14. The molecule has 1 amide bonds. The minimum absolute atomic E-state index is 0.250. The quantitative estimate of drug-likeness (QED) is 0.800. The number of carbonyl (C=O) groups is 1. The molecule has 1 N–H and O–H groups in total. The molecule has 104 valence electrons. The number of rotatable bonds is 3. The summed E-state index contributed by atoms with van der Waals surface area (Å²) in [5.41, 5.74) is 1.99. The molecule has 0 bridgehead atoms. The van der Waals surface area contributed by atoms with Gasteiger partial charge in [0.25, 0.3) is 5.91 Å². The number of anilines is 1. The van der Waals surface area contributed by atoms with Crippen molar-refractivity contribution in [3.63, 3.8) is 0 Å². The van der Waals surface area contributed by atoms with Gasteiger partial charge in [0.05, 0.1) is 10.6 Å². The Morgan fingerprint density at radius 2 is 1.81 bits per heavy atom. The van der Waals surface area contributed by atoms with E-state index in [1.54, 1.807) is 36.7 Å². The van der Waals surface area contributed by atoms with Crippen LogP contribution in [0.1, 0.15) is 10.4 Å². The molecule has 4 nitrogen and oxygen atoms in total. The molecule has 3 aromatic rings. The van der Waals surface area contributed by atoms with E-state index < -0.39 is 0 Å². The Morgan fingerprint density at radius 3 is 2.52 bits per heavy atom. The number of carbonyl (C=O) groups excluding carboxylic acids is 1. The number of hydrogen-bond acceptors (Lipinski definition) is 2. The van der Waals surface area contributed by atoms with Crippen LogP contribution in [0.5, 0.6) is 0 Å². The first-order chi connectivity index (χ1) is 10.2. The number of hydrogen-bond donors (Lipinski definition) is 1. The largest absolute Gasteiger partial charge is 0.324 e. The molecule has 0 aliphatic heterocycles. The van der Waals surface area contributed by atoms with Gasteiger partial charge in [-0.3, -0.25) is 9.78 Å². The van der Waals surface area contributed by atoms with Gasteiger partial charge in [-0.15, -0.1) is 0 Å². The van der Waals surface area contributed by atoms with E-state index in [1.165, 1.54) is 0 Å². The number of halogens is 1. The zero-order valence-corrected chi connectivity index (χ0v) is 11.8. The van der Waals surface area contributed by atoms with Gasteiger partial charge in [-0.05, 0) is 42.5 Å². The van der Waals surface area contributed by atoms with Crippen LogP contribution < -0.4 is 5.32 Å². The molecule has 1 aromatic carbocycles. The van der Waals surface area contributed by atoms with Crippen LogP contribution >= 0.6 is 11.6 Å². The van der Waals surface area contributed by atoms with Crippen molar-refractivity contribution in [2.24, 2.45) is 0 Å². The lowest BCUT2D eigenvalue weighted by Crippen LogP contribution is -2.13. The summed E-state index contributed by atoms with van der Waals surface area (Å²) in [6.07, 6.45) is 7.06. The van der Waals surface area contributed by atoms with Gasteiger partial charge in [0.1, 0.15) is 0 Å². The lowest BCUT2D eigenvalue weighted by Gasteiger charge is -2.09. The highest BCUT2D eigenvalue weighted by Gasteiger charge is 2.12. The molecule has 0 fully saturated rings. The van der Waals surface area contributed by atoms with E-state index in [0.717, 1.165) is 5.69 Å². The number of benzene rings is 1. The fourth-order valence-electron chi connectivity index (χ4n) is 1.99. The third kappa shape index (κ3) is 2.95. The molecule has 5 heteroatoms. The first-order valence-electron chi connectivity index (χ1n) is 6.38. The molecule has 3 rings (SSSR count). The fourth-order valence-corrected chi connectivity index (χ4v) is 2.19. The summed E-state index contributed by atoms with van der Waals surface area (Å²) in [5.74, 6) is -0.250. The standard InChI is InChI=1S/C16H12ClN3O/c17-15-4-3-13(20-9-1-2-10-20)11-14(15)16(21)19-12-5-7-18-8-6-12/h1-11H,(H,18,19,21). The second-order valence-corrected chi connectivity index (χ2v) is 4.85. The first kappa shape index (κ1) is 13.4. The second kappa shape index (κ2) is 5.81. The van der Waals surface area contributed by atoms with Gasteiger partial charge >= 0.3 is 0 Å². The van der Waals surface area contributed by atoms with Crippen LogP contribution in [0.15, 0.2) is 67.3 Å². The van der Waals surface area contributed by atoms with Crippen LogP contribution in [0.3, 0.4) is 0 Å². The Morgan fingerprint density at radius 1 is 1.10 bits per heavy atom. The molecule has 0 unspecified atom stereocenters. The molecule has 2 heterocycles. The highest BCUT2D eigenvalue weighted by Crippen LogP contribution is 2.21. The summed E-state index contributed by atoms with van der Waals surface area (Å²) in [6, 6.07) is 12.6. The van der Waals surface area contributed by atoms with E-state index in [9.17, 15) is 4.79 Å². The molecule has 2 aromatic heterocycles. The van der Waals surface area contributed by atoms with Crippen molar-refractivity contribution in [1.82, 2.24) is 9.55 Å². The number of nitrogens with zero attached hydrogens (tertiary/aromatic N) is 2. The van der Waals surface area contributed by atoms with E-state index >= 15 is 0 Å². The summed E-state index contributed by atoms with van der Waals surface area (Å²) in [4.78, 5) is 16.2.